The summed E-state index contributed by atoms with van der Waals surface area (Å²) in [6.07, 6.45) is 5.42. The molecule has 1 aromatic rings. The van der Waals surface area contributed by atoms with Crippen molar-refractivity contribution in [1.29, 1.82) is 0 Å². The Morgan fingerprint density at radius 1 is 1.15 bits per heavy atom. The molecular formula is C17H27NO2. The molecule has 3 nitrogen and oxygen atoms in total. The Hall–Kier alpha value is -0.900. The maximum Gasteiger partial charge on any atom is 0.0802 e. The number of nitrogens with zero attached hydrogens (tertiary/aromatic N) is 1. The molecule has 2 N–H and O–H groups in total. The van der Waals surface area contributed by atoms with Gasteiger partial charge in [0.05, 0.1) is 11.7 Å². The predicted octanol–water partition coefficient (Wildman–Crippen LogP) is 2.74. The molecule has 1 aliphatic carbocycles. The summed E-state index contributed by atoms with van der Waals surface area (Å²) in [7, 11) is 2.07. The highest BCUT2D eigenvalue weighted by Crippen LogP contribution is 2.32. The molecule has 3 heteroatoms. The normalized spacial score (nSPS) is 19.4. The van der Waals surface area contributed by atoms with Crippen LogP contribution in [0.1, 0.15) is 50.2 Å². The van der Waals surface area contributed by atoms with E-state index >= 15 is 0 Å². The summed E-state index contributed by atoms with van der Waals surface area (Å²) in [4.78, 5) is 2.21. The van der Waals surface area contributed by atoms with Crippen molar-refractivity contribution < 1.29 is 10.2 Å². The molecule has 1 atom stereocenters. The molecule has 20 heavy (non-hydrogen) atoms. The van der Waals surface area contributed by atoms with Crippen LogP contribution >= 0.6 is 0 Å². The van der Waals surface area contributed by atoms with Gasteiger partial charge in [0.1, 0.15) is 0 Å². The Bertz CT molecular complexity index is 387. The second-order valence-corrected chi connectivity index (χ2v) is 6.20. The first kappa shape index (κ1) is 15.5. The number of benzene rings is 1. The number of rotatable bonds is 7. The van der Waals surface area contributed by atoms with Gasteiger partial charge in [-0.3, -0.25) is 0 Å². The van der Waals surface area contributed by atoms with Crippen molar-refractivity contribution in [3.05, 3.63) is 35.9 Å². The van der Waals surface area contributed by atoms with Crippen molar-refractivity contribution in [1.82, 2.24) is 4.90 Å². The topological polar surface area (TPSA) is 43.7 Å². The molecular weight excluding hydrogens is 250 g/mol. The van der Waals surface area contributed by atoms with Crippen LogP contribution in [-0.4, -0.2) is 40.9 Å². The standard InChI is InChI=1S/C17H27NO2/c1-18(14-12-17(20)10-5-6-11-17)13-9-16(19)15-7-3-2-4-8-15/h2-4,7-8,16,19-20H,5-6,9-14H2,1H3/t16-/m0/s1. The largest absolute Gasteiger partial charge is 0.390 e. The minimum atomic E-state index is -0.424. The molecule has 0 heterocycles. The molecule has 1 saturated carbocycles. The Morgan fingerprint density at radius 3 is 2.45 bits per heavy atom. The van der Waals surface area contributed by atoms with E-state index in [1.807, 2.05) is 30.3 Å². The zero-order valence-corrected chi connectivity index (χ0v) is 12.5. The van der Waals surface area contributed by atoms with Crippen LogP contribution in [0.3, 0.4) is 0 Å². The summed E-state index contributed by atoms with van der Waals surface area (Å²) in [5, 5.41) is 20.4. The molecule has 0 saturated heterocycles. The van der Waals surface area contributed by atoms with Gasteiger partial charge >= 0.3 is 0 Å². The molecule has 1 aliphatic rings. The SMILES string of the molecule is CN(CC[C@H](O)c1ccccc1)CCC1(O)CCCC1. The lowest BCUT2D eigenvalue weighted by Gasteiger charge is -2.26. The van der Waals surface area contributed by atoms with Crippen molar-refractivity contribution in [3.63, 3.8) is 0 Å². The monoisotopic (exact) mass is 277 g/mol. The molecule has 112 valence electrons. The van der Waals surface area contributed by atoms with E-state index in [1.54, 1.807) is 0 Å². The minimum Gasteiger partial charge on any atom is -0.390 e. The van der Waals surface area contributed by atoms with Crippen molar-refractivity contribution in [3.8, 4) is 0 Å². The van der Waals surface area contributed by atoms with E-state index in [0.29, 0.717) is 0 Å². The van der Waals surface area contributed by atoms with E-state index in [0.717, 1.165) is 57.2 Å². The molecule has 0 radical (unpaired) electrons. The summed E-state index contributed by atoms with van der Waals surface area (Å²) in [5.41, 5.74) is 0.557. The lowest BCUT2D eigenvalue weighted by molar-refractivity contribution is 0.0291. The summed E-state index contributed by atoms with van der Waals surface area (Å²) >= 11 is 0. The van der Waals surface area contributed by atoms with Crippen LogP contribution in [-0.2, 0) is 0 Å². The molecule has 1 aromatic carbocycles. The Labute approximate surface area is 122 Å². The van der Waals surface area contributed by atoms with Gasteiger partial charge < -0.3 is 15.1 Å². The maximum atomic E-state index is 10.3. The fraction of sp³-hybridized carbons (Fsp3) is 0.647. The molecule has 1 fully saturated rings. The van der Waals surface area contributed by atoms with Crippen LogP contribution in [0.25, 0.3) is 0 Å². The zero-order chi connectivity index (χ0) is 14.4. The third kappa shape index (κ3) is 4.58. The Balaban J connectivity index is 1.68. The highest BCUT2D eigenvalue weighted by atomic mass is 16.3. The third-order valence-electron chi connectivity index (χ3n) is 4.46. The van der Waals surface area contributed by atoms with Gasteiger partial charge in [0.2, 0.25) is 0 Å². The molecule has 0 bridgehead atoms. The number of aliphatic hydroxyl groups is 2. The molecule has 0 aromatic heterocycles. The number of aliphatic hydroxyl groups excluding tert-OH is 1. The van der Waals surface area contributed by atoms with Gasteiger partial charge in [-0.2, -0.15) is 0 Å². The maximum absolute atomic E-state index is 10.3. The van der Waals surface area contributed by atoms with E-state index in [-0.39, 0.29) is 0 Å². The van der Waals surface area contributed by atoms with Crippen LogP contribution in [0, 0.1) is 0 Å². The second kappa shape index (κ2) is 7.21. The van der Waals surface area contributed by atoms with Gasteiger partial charge in [0.25, 0.3) is 0 Å². The van der Waals surface area contributed by atoms with Crippen LogP contribution in [0.5, 0.6) is 0 Å². The summed E-state index contributed by atoms with van der Waals surface area (Å²) in [5.74, 6) is 0. The van der Waals surface area contributed by atoms with Gasteiger partial charge in [0, 0.05) is 13.1 Å². The summed E-state index contributed by atoms with van der Waals surface area (Å²) < 4.78 is 0. The van der Waals surface area contributed by atoms with Gasteiger partial charge in [-0.1, -0.05) is 43.2 Å². The van der Waals surface area contributed by atoms with Crippen molar-refractivity contribution in [2.75, 3.05) is 20.1 Å². The van der Waals surface area contributed by atoms with E-state index in [9.17, 15) is 10.2 Å². The Kier molecular flexibility index (Phi) is 5.58. The average molecular weight is 277 g/mol. The van der Waals surface area contributed by atoms with Gasteiger partial charge in [0.15, 0.2) is 0 Å². The minimum absolute atomic E-state index is 0.395. The van der Waals surface area contributed by atoms with Crippen LogP contribution in [0.4, 0.5) is 0 Å². The lowest BCUT2D eigenvalue weighted by Crippen LogP contribution is -2.32. The second-order valence-electron chi connectivity index (χ2n) is 6.20. The van der Waals surface area contributed by atoms with E-state index < -0.39 is 11.7 Å². The fourth-order valence-corrected chi connectivity index (χ4v) is 2.98. The fourth-order valence-electron chi connectivity index (χ4n) is 2.98. The molecule has 0 unspecified atom stereocenters. The van der Waals surface area contributed by atoms with E-state index in [4.69, 9.17) is 0 Å². The van der Waals surface area contributed by atoms with Crippen molar-refractivity contribution in [2.24, 2.45) is 0 Å². The van der Waals surface area contributed by atoms with Gasteiger partial charge in [-0.25, -0.2) is 0 Å². The highest BCUT2D eigenvalue weighted by Gasteiger charge is 2.30. The lowest BCUT2D eigenvalue weighted by atomic mass is 9.98. The smallest absolute Gasteiger partial charge is 0.0802 e. The van der Waals surface area contributed by atoms with Crippen molar-refractivity contribution >= 4 is 0 Å². The average Bonchev–Trinajstić information content (AvgIpc) is 2.91. The van der Waals surface area contributed by atoms with E-state index in [2.05, 4.69) is 11.9 Å². The first-order valence-electron chi connectivity index (χ1n) is 7.73. The van der Waals surface area contributed by atoms with Crippen LogP contribution in [0.2, 0.25) is 0 Å². The summed E-state index contributed by atoms with van der Waals surface area (Å²) in [6, 6.07) is 9.80. The third-order valence-corrected chi connectivity index (χ3v) is 4.46. The Morgan fingerprint density at radius 2 is 1.80 bits per heavy atom. The highest BCUT2D eigenvalue weighted by molar-refractivity contribution is 5.17. The first-order valence-corrected chi connectivity index (χ1v) is 7.73. The zero-order valence-electron chi connectivity index (χ0n) is 12.5. The van der Waals surface area contributed by atoms with Crippen molar-refractivity contribution in [2.45, 2.75) is 50.2 Å². The van der Waals surface area contributed by atoms with Crippen LogP contribution < -0.4 is 0 Å². The molecule has 0 spiro atoms. The number of hydrogen-bond donors (Lipinski definition) is 2. The first-order chi connectivity index (χ1) is 9.59. The predicted molar refractivity (Wildman–Crippen MR) is 81.6 cm³/mol. The van der Waals surface area contributed by atoms with Gasteiger partial charge in [-0.05, 0) is 38.3 Å². The quantitative estimate of drug-likeness (QED) is 0.805. The van der Waals surface area contributed by atoms with E-state index in [1.165, 1.54) is 0 Å². The molecule has 2 rings (SSSR count). The number of hydrogen-bond acceptors (Lipinski definition) is 3. The molecule has 0 aliphatic heterocycles. The molecule has 0 amide bonds. The summed E-state index contributed by atoms with van der Waals surface area (Å²) in [6.45, 7) is 1.75. The van der Waals surface area contributed by atoms with Gasteiger partial charge in [-0.15, -0.1) is 0 Å². The van der Waals surface area contributed by atoms with Crippen LogP contribution in [0.15, 0.2) is 30.3 Å².